The Balaban J connectivity index is 1.58. The minimum atomic E-state index is 0.0686. The fourth-order valence-corrected chi connectivity index (χ4v) is 5.22. The third kappa shape index (κ3) is 2.40. The molecule has 3 atom stereocenters. The van der Waals surface area contributed by atoms with Crippen LogP contribution >= 0.6 is 0 Å². The van der Waals surface area contributed by atoms with Crippen LogP contribution in [-0.2, 0) is 11.2 Å². The predicted molar refractivity (Wildman–Crippen MR) is 102 cm³/mol. The van der Waals surface area contributed by atoms with E-state index >= 15 is 0 Å². The molecule has 0 radical (unpaired) electrons. The second-order valence-electron chi connectivity index (χ2n) is 7.82. The number of methoxy groups -OCH3 is 2. The highest BCUT2D eigenvalue weighted by Gasteiger charge is 2.45. The Morgan fingerprint density at radius 2 is 1.66 bits per heavy atom. The van der Waals surface area contributed by atoms with E-state index in [1.807, 2.05) is 6.07 Å². The average molecular weight is 398 g/mol. The summed E-state index contributed by atoms with van der Waals surface area (Å²) >= 11 is 0. The fraction of sp³-hybridized carbons (Fsp3) is 0.455. The van der Waals surface area contributed by atoms with E-state index in [9.17, 15) is 0 Å². The van der Waals surface area contributed by atoms with Gasteiger partial charge in [0.15, 0.2) is 23.0 Å². The maximum atomic E-state index is 5.91. The van der Waals surface area contributed by atoms with Gasteiger partial charge >= 0.3 is 0 Å². The summed E-state index contributed by atoms with van der Waals surface area (Å²) in [6.07, 6.45) is 0.936. The van der Waals surface area contributed by atoms with Crippen LogP contribution in [0, 0.1) is 11.8 Å². The van der Waals surface area contributed by atoms with E-state index in [1.165, 1.54) is 5.56 Å². The average Bonchev–Trinajstić information content (AvgIpc) is 3.49. The molecule has 2 aromatic carbocycles. The van der Waals surface area contributed by atoms with Crippen molar-refractivity contribution in [2.24, 2.45) is 11.8 Å². The van der Waals surface area contributed by atoms with Gasteiger partial charge in [-0.05, 0) is 47.6 Å². The quantitative estimate of drug-likeness (QED) is 0.787. The first-order valence-electron chi connectivity index (χ1n) is 9.83. The molecule has 1 saturated heterocycles. The molecule has 1 aliphatic carbocycles. The first-order valence-corrected chi connectivity index (χ1v) is 9.83. The molecule has 0 N–H and O–H groups in total. The van der Waals surface area contributed by atoms with Crippen LogP contribution < -0.4 is 28.4 Å². The predicted octanol–water partition coefficient (Wildman–Crippen LogP) is 3.11. The zero-order chi connectivity index (χ0) is 19.5. The molecule has 2 aromatic rings. The highest BCUT2D eigenvalue weighted by molar-refractivity contribution is 5.65. The number of benzene rings is 2. The minimum Gasteiger partial charge on any atom is -0.493 e. The molecule has 0 bridgehead atoms. The van der Waals surface area contributed by atoms with Crippen molar-refractivity contribution < 1.29 is 33.2 Å². The lowest BCUT2D eigenvalue weighted by Gasteiger charge is -2.36. The number of rotatable bonds is 3. The van der Waals surface area contributed by atoms with Gasteiger partial charge in [0.2, 0.25) is 25.1 Å². The molecule has 0 unspecified atom stereocenters. The molecule has 3 heterocycles. The van der Waals surface area contributed by atoms with Crippen LogP contribution in [0.4, 0.5) is 0 Å². The molecule has 0 spiro atoms. The molecule has 6 rings (SSSR count). The van der Waals surface area contributed by atoms with Crippen molar-refractivity contribution in [1.82, 2.24) is 0 Å². The van der Waals surface area contributed by atoms with Gasteiger partial charge in [0.1, 0.15) is 0 Å². The topological polar surface area (TPSA) is 64.6 Å². The van der Waals surface area contributed by atoms with E-state index in [2.05, 4.69) is 12.1 Å². The third-order valence-electron chi connectivity index (χ3n) is 6.46. The number of ether oxygens (including phenoxy) is 7. The van der Waals surface area contributed by atoms with Gasteiger partial charge in [0.25, 0.3) is 0 Å². The normalized spacial score (nSPS) is 25.5. The Labute approximate surface area is 168 Å². The minimum absolute atomic E-state index is 0.0686. The lowest BCUT2D eigenvalue weighted by atomic mass is 9.67. The van der Waals surface area contributed by atoms with Gasteiger partial charge in [-0.25, -0.2) is 0 Å². The molecule has 7 heteroatoms. The molecule has 0 aromatic heterocycles. The summed E-state index contributed by atoms with van der Waals surface area (Å²) in [6.45, 7) is 1.89. The van der Waals surface area contributed by atoms with Gasteiger partial charge in [-0.1, -0.05) is 0 Å². The van der Waals surface area contributed by atoms with E-state index in [0.717, 1.165) is 35.7 Å². The molecule has 3 aliphatic heterocycles. The second kappa shape index (κ2) is 6.35. The summed E-state index contributed by atoms with van der Waals surface area (Å²) in [6, 6.07) is 6.21. The lowest BCUT2D eigenvalue weighted by molar-refractivity contribution is 0.170. The Bertz CT molecular complexity index is 986. The molecule has 152 valence electrons. The van der Waals surface area contributed by atoms with Crippen LogP contribution in [-0.4, -0.2) is 41.0 Å². The lowest BCUT2D eigenvalue weighted by Crippen LogP contribution is -2.30. The van der Waals surface area contributed by atoms with Gasteiger partial charge in [-0.15, -0.1) is 0 Å². The number of fused-ring (bicyclic) bond motifs is 4. The molecular formula is C22H22O7. The van der Waals surface area contributed by atoms with E-state index in [4.69, 9.17) is 33.2 Å². The molecule has 4 aliphatic rings. The van der Waals surface area contributed by atoms with Crippen molar-refractivity contribution in [3.05, 3.63) is 34.9 Å². The van der Waals surface area contributed by atoms with Gasteiger partial charge in [0.05, 0.1) is 27.4 Å². The molecular weight excluding hydrogens is 376 g/mol. The van der Waals surface area contributed by atoms with E-state index < -0.39 is 0 Å². The van der Waals surface area contributed by atoms with Crippen LogP contribution in [0.1, 0.15) is 22.6 Å². The van der Waals surface area contributed by atoms with Crippen LogP contribution in [0.5, 0.6) is 34.5 Å². The molecule has 29 heavy (non-hydrogen) atoms. The SMILES string of the molecule is COc1cc([C@@H]2c3c(cc4c(c3OC)OCO4)C[C@@H]3COC[C@H]32)cc2c1OCO2. The maximum absolute atomic E-state index is 5.91. The van der Waals surface area contributed by atoms with Gasteiger partial charge in [-0.2, -0.15) is 0 Å². The fourth-order valence-electron chi connectivity index (χ4n) is 5.22. The Morgan fingerprint density at radius 3 is 2.45 bits per heavy atom. The Kier molecular flexibility index (Phi) is 3.74. The van der Waals surface area contributed by atoms with Gasteiger partial charge in [0, 0.05) is 11.5 Å². The molecule has 1 fully saturated rings. The van der Waals surface area contributed by atoms with Crippen molar-refractivity contribution in [2.75, 3.05) is 41.0 Å². The monoisotopic (exact) mass is 398 g/mol. The van der Waals surface area contributed by atoms with Crippen molar-refractivity contribution in [3.8, 4) is 34.5 Å². The largest absolute Gasteiger partial charge is 0.493 e. The van der Waals surface area contributed by atoms with E-state index in [-0.39, 0.29) is 19.5 Å². The van der Waals surface area contributed by atoms with Crippen molar-refractivity contribution in [2.45, 2.75) is 12.3 Å². The van der Waals surface area contributed by atoms with Gasteiger partial charge < -0.3 is 33.2 Å². The highest BCUT2D eigenvalue weighted by atomic mass is 16.7. The standard InChI is InChI=1S/C22H22O7/c1-23-15-4-12(6-16-20(15)28-9-26-16)18-14-8-25-7-13(14)3-11-5-17-21(29-10-27-17)22(24-2)19(11)18/h4-6,13-14,18H,3,7-10H2,1-2H3/t13-,14-,18+/m1/s1. The van der Waals surface area contributed by atoms with Crippen LogP contribution in [0.25, 0.3) is 0 Å². The third-order valence-corrected chi connectivity index (χ3v) is 6.46. The summed E-state index contributed by atoms with van der Waals surface area (Å²) in [7, 11) is 3.34. The summed E-state index contributed by atoms with van der Waals surface area (Å²) in [5, 5.41) is 0. The number of hydrogen-bond acceptors (Lipinski definition) is 7. The van der Waals surface area contributed by atoms with E-state index in [0.29, 0.717) is 41.4 Å². The highest BCUT2D eigenvalue weighted by Crippen LogP contribution is 2.57. The van der Waals surface area contributed by atoms with Crippen LogP contribution in [0.15, 0.2) is 18.2 Å². The van der Waals surface area contributed by atoms with Crippen molar-refractivity contribution in [1.29, 1.82) is 0 Å². The second-order valence-corrected chi connectivity index (χ2v) is 7.82. The molecule has 7 nitrogen and oxygen atoms in total. The van der Waals surface area contributed by atoms with Gasteiger partial charge in [-0.3, -0.25) is 0 Å². The van der Waals surface area contributed by atoms with Crippen LogP contribution in [0.2, 0.25) is 0 Å². The van der Waals surface area contributed by atoms with Crippen LogP contribution in [0.3, 0.4) is 0 Å². The summed E-state index contributed by atoms with van der Waals surface area (Å²) in [5.41, 5.74) is 3.47. The molecule has 0 saturated carbocycles. The first kappa shape index (κ1) is 17.1. The van der Waals surface area contributed by atoms with Crippen molar-refractivity contribution in [3.63, 3.8) is 0 Å². The Morgan fingerprint density at radius 1 is 0.862 bits per heavy atom. The smallest absolute Gasteiger partial charge is 0.231 e. The molecule has 0 amide bonds. The first-order chi connectivity index (χ1) is 14.3. The van der Waals surface area contributed by atoms with E-state index in [1.54, 1.807) is 14.2 Å². The summed E-state index contributed by atoms with van der Waals surface area (Å²) in [5.74, 6) is 5.07. The summed E-state index contributed by atoms with van der Waals surface area (Å²) in [4.78, 5) is 0. The maximum Gasteiger partial charge on any atom is 0.231 e. The zero-order valence-electron chi connectivity index (χ0n) is 16.4. The Hall–Kier alpha value is -2.80. The number of hydrogen-bond donors (Lipinski definition) is 0. The zero-order valence-corrected chi connectivity index (χ0v) is 16.4. The van der Waals surface area contributed by atoms with Crippen molar-refractivity contribution >= 4 is 0 Å². The summed E-state index contributed by atoms with van der Waals surface area (Å²) < 4.78 is 40.1.